The van der Waals surface area contributed by atoms with Crippen molar-refractivity contribution in [3.8, 4) is 0 Å². The van der Waals surface area contributed by atoms with Crippen LogP contribution in [-0.4, -0.2) is 70.9 Å². The summed E-state index contributed by atoms with van der Waals surface area (Å²) in [6.07, 6.45) is -8.60. The highest BCUT2D eigenvalue weighted by atomic mass is 19.4. The molecule has 33 heavy (non-hydrogen) atoms. The summed E-state index contributed by atoms with van der Waals surface area (Å²) in [5.74, 6) is -1.47. The van der Waals surface area contributed by atoms with Crippen LogP contribution in [0.15, 0.2) is 28.2 Å². The molecule has 3 N–H and O–H groups in total. The van der Waals surface area contributed by atoms with E-state index in [9.17, 15) is 33.0 Å². The highest BCUT2D eigenvalue weighted by Gasteiger charge is 2.62. The molecule has 0 aliphatic carbocycles. The van der Waals surface area contributed by atoms with Gasteiger partial charge in [0.25, 0.3) is 0 Å². The zero-order chi connectivity index (χ0) is 24.2. The first-order valence-electron chi connectivity index (χ1n) is 10.3. The van der Waals surface area contributed by atoms with Crippen molar-refractivity contribution in [3.05, 3.63) is 40.4 Å². The van der Waals surface area contributed by atoms with Gasteiger partial charge < -0.3 is 24.8 Å². The summed E-state index contributed by atoms with van der Waals surface area (Å²) < 4.78 is 57.2. The Kier molecular flexibility index (Phi) is 6.00. The van der Waals surface area contributed by atoms with Crippen molar-refractivity contribution in [2.24, 2.45) is 15.9 Å². The number of hydrogen-bond donors (Lipinski definition) is 3. The molecule has 13 heteroatoms. The van der Waals surface area contributed by atoms with Gasteiger partial charge in [-0.25, -0.2) is 14.4 Å². The number of nitrogens with one attached hydrogen (secondary N) is 1. The maximum Gasteiger partial charge on any atom is 0.419 e. The van der Waals surface area contributed by atoms with Crippen LogP contribution in [0.5, 0.6) is 0 Å². The Hall–Kier alpha value is -2.16. The molecule has 182 valence electrons. The van der Waals surface area contributed by atoms with E-state index in [4.69, 9.17) is 9.57 Å². The third-order valence-electron chi connectivity index (χ3n) is 6.59. The number of rotatable bonds is 4. The van der Waals surface area contributed by atoms with Gasteiger partial charge in [0.1, 0.15) is 23.6 Å². The molecule has 4 rings (SSSR count). The molecular weight excluding hydrogens is 452 g/mol. The molecule has 0 spiro atoms. The fourth-order valence-electron chi connectivity index (χ4n) is 4.75. The van der Waals surface area contributed by atoms with Crippen LogP contribution in [0.3, 0.4) is 0 Å². The number of amidine groups is 1. The van der Waals surface area contributed by atoms with E-state index in [1.54, 1.807) is 0 Å². The molecule has 0 amide bonds. The first kappa shape index (κ1) is 24.0. The van der Waals surface area contributed by atoms with Crippen LogP contribution < -0.4 is 5.48 Å². The second kappa shape index (κ2) is 8.25. The summed E-state index contributed by atoms with van der Waals surface area (Å²) in [6.45, 7) is 1.28. The second-order valence-electron chi connectivity index (χ2n) is 8.67. The highest BCUT2D eigenvalue weighted by Crippen LogP contribution is 2.44. The lowest BCUT2D eigenvalue weighted by molar-refractivity contribution is -0.941. The van der Waals surface area contributed by atoms with E-state index in [0.29, 0.717) is 24.4 Å². The minimum Gasteiger partial charge on any atom is -0.629 e. The van der Waals surface area contributed by atoms with Gasteiger partial charge in [0.2, 0.25) is 6.23 Å². The molecule has 3 aliphatic rings. The normalized spacial score (nSPS) is 38.3. The van der Waals surface area contributed by atoms with Crippen LogP contribution in [0.4, 0.5) is 17.6 Å². The highest BCUT2D eigenvalue weighted by molar-refractivity contribution is 5.92. The van der Waals surface area contributed by atoms with Gasteiger partial charge in [-0.3, -0.25) is 10.3 Å². The monoisotopic (exact) mass is 476 g/mol. The van der Waals surface area contributed by atoms with Gasteiger partial charge in [-0.15, -0.1) is 0 Å². The number of likely N-dealkylation sites (tertiary alicyclic amines) is 1. The SMILES string of the molecule is CONC1=NC=NC2C1CC[N+]2([O-])[C@@H]1O[C@H](Cc2ccc(C(F)(F)F)c(F)c2)[C@@](C)(O)[C@H]1O. The van der Waals surface area contributed by atoms with Crippen LogP contribution in [0, 0.1) is 16.9 Å². The minimum absolute atomic E-state index is 0.0104. The van der Waals surface area contributed by atoms with Crippen molar-refractivity contribution in [1.29, 1.82) is 0 Å². The van der Waals surface area contributed by atoms with E-state index in [1.165, 1.54) is 20.4 Å². The molecule has 2 saturated heterocycles. The number of benzene rings is 1. The fraction of sp³-hybridized carbons (Fsp3) is 0.600. The Balaban J connectivity index is 1.56. The number of alkyl halides is 3. The molecule has 0 radical (unpaired) electrons. The van der Waals surface area contributed by atoms with E-state index in [-0.39, 0.29) is 18.5 Å². The molecular formula is C20H24F4N4O5. The molecule has 0 aromatic heterocycles. The van der Waals surface area contributed by atoms with E-state index >= 15 is 0 Å². The van der Waals surface area contributed by atoms with Crippen LogP contribution in [0.25, 0.3) is 0 Å². The van der Waals surface area contributed by atoms with E-state index in [1.807, 2.05) is 0 Å². The summed E-state index contributed by atoms with van der Waals surface area (Å²) in [7, 11) is 1.40. The molecule has 2 fully saturated rings. The molecule has 1 aromatic carbocycles. The number of aliphatic hydroxyl groups excluding tert-OH is 1. The lowest BCUT2D eigenvalue weighted by Gasteiger charge is -2.48. The lowest BCUT2D eigenvalue weighted by atomic mass is 9.89. The summed E-state index contributed by atoms with van der Waals surface area (Å²) >= 11 is 0. The average Bonchev–Trinajstić information content (AvgIpc) is 3.18. The molecule has 0 bridgehead atoms. The van der Waals surface area contributed by atoms with Crippen molar-refractivity contribution < 1.29 is 42.0 Å². The third kappa shape index (κ3) is 4.02. The van der Waals surface area contributed by atoms with Crippen LogP contribution in [0.2, 0.25) is 0 Å². The van der Waals surface area contributed by atoms with E-state index < -0.39 is 58.3 Å². The van der Waals surface area contributed by atoms with Crippen LogP contribution >= 0.6 is 0 Å². The fourth-order valence-corrected chi connectivity index (χ4v) is 4.75. The van der Waals surface area contributed by atoms with Gasteiger partial charge in [-0.2, -0.15) is 13.2 Å². The molecule has 0 saturated carbocycles. The number of aliphatic imine (C=N–C) groups is 2. The number of hydrogen-bond acceptors (Lipinski definition) is 8. The van der Waals surface area contributed by atoms with Crippen LogP contribution in [0.1, 0.15) is 24.5 Å². The number of halogens is 4. The number of quaternary nitrogens is 1. The molecule has 1 aromatic rings. The molecule has 3 unspecified atom stereocenters. The first-order chi connectivity index (χ1) is 15.4. The van der Waals surface area contributed by atoms with Crippen molar-refractivity contribution in [3.63, 3.8) is 0 Å². The first-order valence-corrected chi connectivity index (χ1v) is 10.3. The lowest BCUT2D eigenvalue weighted by Crippen LogP contribution is -2.61. The Morgan fingerprint density at radius 3 is 2.76 bits per heavy atom. The Morgan fingerprint density at radius 1 is 1.39 bits per heavy atom. The molecule has 7 atom stereocenters. The standard InChI is InChI=1S/C20H24F4N4O5/c1-19(30)14(8-10-3-4-12(13(21)7-10)20(22,23)24)33-18(15(19)29)28(31)6-5-11-16(27-32-2)25-9-26-17(11)28/h3-4,7,9,11,14-15,17-18,29-30H,5-6,8H2,1-2H3,(H,25,26,27)/t11?,14-,15+,17?,18-,19-,28?/m1/s1. The minimum atomic E-state index is -4.84. The third-order valence-corrected chi connectivity index (χ3v) is 6.59. The van der Waals surface area contributed by atoms with Gasteiger partial charge in [-0.1, -0.05) is 6.07 Å². The molecule has 3 aliphatic heterocycles. The van der Waals surface area contributed by atoms with Crippen molar-refractivity contribution >= 4 is 12.2 Å². The summed E-state index contributed by atoms with van der Waals surface area (Å²) in [5.41, 5.74) is -0.598. The van der Waals surface area contributed by atoms with E-state index in [2.05, 4.69) is 15.5 Å². The number of ether oxygens (including phenoxy) is 1. The summed E-state index contributed by atoms with van der Waals surface area (Å²) in [5, 5.41) is 35.6. The number of fused-ring (bicyclic) bond motifs is 1. The Bertz CT molecular complexity index is 972. The number of nitrogens with zero attached hydrogens (tertiary/aromatic N) is 3. The average molecular weight is 476 g/mol. The Labute approximate surface area is 186 Å². The second-order valence-corrected chi connectivity index (χ2v) is 8.67. The largest absolute Gasteiger partial charge is 0.629 e. The Morgan fingerprint density at radius 2 is 2.12 bits per heavy atom. The van der Waals surface area contributed by atoms with Gasteiger partial charge in [0, 0.05) is 12.8 Å². The quantitative estimate of drug-likeness (QED) is 0.262. The van der Waals surface area contributed by atoms with Gasteiger partial charge in [0.15, 0.2) is 12.3 Å². The molecule has 9 nitrogen and oxygen atoms in total. The molecule has 3 heterocycles. The smallest absolute Gasteiger partial charge is 0.419 e. The summed E-state index contributed by atoms with van der Waals surface area (Å²) in [4.78, 5) is 13.1. The number of aliphatic hydroxyl groups is 2. The number of hydroxylamine groups is 4. The maximum absolute atomic E-state index is 14.0. The van der Waals surface area contributed by atoms with Crippen LogP contribution in [-0.2, 0) is 22.2 Å². The zero-order valence-electron chi connectivity index (χ0n) is 17.8. The van der Waals surface area contributed by atoms with E-state index in [0.717, 1.165) is 6.07 Å². The van der Waals surface area contributed by atoms with Gasteiger partial charge in [0.05, 0.1) is 31.2 Å². The maximum atomic E-state index is 14.0. The van der Waals surface area contributed by atoms with Crippen molar-refractivity contribution in [2.45, 2.75) is 56.1 Å². The van der Waals surface area contributed by atoms with Crippen molar-refractivity contribution in [2.75, 3.05) is 13.7 Å². The van der Waals surface area contributed by atoms with Gasteiger partial charge >= 0.3 is 6.18 Å². The topological polar surface area (TPSA) is 119 Å². The summed E-state index contributed by atoms with van der Waals surface area (Å²) in [6, 6.07) is 2.39. The predicted octanol–water partition coefficient (Wildman–Crippen LogP) is 1.48. The predicted molar refractivity (Wildman–Crippen MR) is 107 cm³/mol. The zero-order valence-corrected chi connectivity index (χ0v) is 17.8. The van der Waals surface area contributed by atoms with Crippen molar-refractivity contribution in [1.82, 2.24) is 5.48 Å². The van der Waals surface area contributed by atoms with Gasteiger partial charge in [-0.05, 0) is 24.6 Å².